The summed E-state index contributed by atoms with van der Waals surface area (Å²) in [5.74, 6) is 3.58. The lowest BCUT2D eigenvalue weighted by Crippen LogP contribution is -2.15. The Morgan fingerprint density at radius 2 is 2.00 bits per heavy atom. The summed E-state index contributed by atoms with van der Waals surface area (Å²) in [6.07, 6.45) is 11.3. The fourth-order valence-corrected chi connectivity index (χ4v) is 5.20. The molecule has 2 rings (SSSR count). The molecule has 1 atom stereocenters. The maximum atomic E-state index is 4.18. The Morgan fingerprint density at radius 3 is 2.71 bits per heavy atom. The van der Waals surface area contributed by atoms with Gasteiger partial charge in [-0.25, -0.2) is 4.98 Å². The van der Waals surface area contributed by atoms with Gasteiger partial charge in [-0.05, 0) is 29.9 Å². The van der Waals surface area contributed by atoms with Crippen LogP contribution in [0.1, 0.15) is 38.2 Å². The molecule has 0 aliphatic heterocycles. The van der Waals surface area contributed by atoms with Crippen LogP contribution in [0.2, 0.25) is 0 Å². The summed E-state index contributed by atoms with van der Waals surface area (Å²) in [6.45, 7) is 3.32. The van der Waals surface area contributed by atoms with Crippen molar-refractivity contribution in [2.45, 2.75) is 50.2 Å². The monoisotopic (exact) mass is 426 g/mol. The standard InChI is InChI=1S/C19H27BrN2S2/c1-2-3-4-5-12-23-15-19(13-22-11-10-21-16-22)24-14-17-6-8-18(20)9-7-17/h6-11,16,19H,2-5,12-15H2,1H3. The Morgan fingerprint density at radius 1 is 1.17 bits per heavy atom. The lowest BCUT2D eigenvalue weighted by atomic mass is 10.2. The van der Waals surface area contributed by atoms with E-state index in [1.807, 2.05) is 12.5 Å². The van der Waals surface area contributed by atoms with Gasteiger partial charge in [-0.3, -0.25) is 0 Å². The molecule has 0 amide bonds. The summed E-state index contributed by atoms with van der Waals surface area (Å²) in [7, 11) is 0. The predicted molar refractivity (Wildman–Crippen MR) is 113 cm³/mol. The normalized spacial score (nSPS) is 12.4. The summed E-state index contributed by atoms with van der Waals surface area (Å²) >= 11 is 7.68. The highest BCUT2D eigenvalue weighted by Crippen LogP contribution is 2.24. The lowest BCUT2D eigenvalue weighted by molar-refractivity contribution is 0.692. The van der Waals surface area contributed by atoms with E-state index in [0.29, 0.717) is 5.25 Å². The molecular formula is C19H27BrN2S2. The van der Waals surface area contributed by atoms with Crippen molar-refractivity contribution in [2.24, 2.45) is 0 Å². The molecule has 0 N–H and O–H groups in total. The van der Waals surface area contributed by atoms with Crippen molar-refractivity contribution in [3.63, 3.8) is 0 Å². The van der Waals surface area contributed by atoms with E-state index in [-0.39, 0.29) is 0 Å². The van der Waals surface area contributed by atoms with E-state index < -0.39 is 0 Å². The van der Waals surface area contributed by atoms with Crippen molar-refractivity contribution in [2.75, 3.05) is 11.5 Å². The Kier molecular flexibility index (Phi) is 10.00. The minimum absolute atomic E-state index is 0.624. The van der Waals surface area contributed by atoms with Gasteiger partial charge in [-0.1, -0.05) is 54.2 Å². The minimum atomic E-state index is 0.624. The highest BCUT2D eigenvalue weighted by Gasteiger charge is 2.11. The van der Waals surface area contributed by atoms with Crippen molar-refractivity contribution >= 4 is 39.5 Å². The molecule has 1 aromatic heterocycles. The zero-order valence-corrected chi connectivity index (χ0v) is 17.6. The quantitative estimate of drug-likeness (QED) is 0.372. The second kappa shape index (κ2) is 12.0. The number of benzene rings is 1. The average Bonchev–Trinajstić information content (AvgIpc) is 3.10. The van der Waals surface area contributed by atoms with E-state index in [1.165, 1.54) is 42.8 Å². The first-order chi connectivity index (χ1) is 11.8. The van der Waals surface area contributed by atoms with Gasteiger partial charge in [0.05, 0.1) is 6.33 Å². The van der Waals surface area contributed by atoms with Crippen LogP contribution in [0, 0.1) is 0 Å². The molecular weight excluding hydrogens is 400 g/mol. The zero-order valence-electron chi connectivity index (χ0n) is 14.4. The van der Waals surface area contributed by atoms with Crippen molar-refractivity contribution in [1.29, 1.82) is 0 Å². The maximum Gasteiger partial charge on any atom is 0.0946 e. The number of rotatable bonds is 12. The third kappa shape index (κ3) is 8.13. The van der Waals surface area contributed by atoms with E-state index >= 15 is 0 Å². The Balaban J connectivity index is 1.77. The van der Waals surface area contributed by atoms with Gasteiger partial charge in [0, 0.05) is 40.2 Å². The first-order valence-electron chi connectivity index (χ1n) is 8.67. The number of nitrogens with zero attached hydrogens (tertiary/aromatic N) is 2. The van der Waals surface area contributed by atoms with Crippen molar-refractivity contribution in [3.8, 4) is 0 Å². The highest BCUT2D eigenvalue weighted by atomic mass is 79.9. The molecule has 0 spiro atoms. The van der Waals surface area contributed by atoms with Gasteiger partial charge >= 0.3 is 0 Å². The summed E-state index contributed by atoms with van der Waals surface area (Å²) in [5.41, 5.74) is 1.40. The molecule has 1 aromatic carbocycles. The Hall–Kier alpha value is -0.390. The van der Waals surface area contributed by atoms with Gasteiger partial charge in [-0.15, -0.1) is 0 Å². The van der Waals surface area contributed by atoms with Gasteiger partial charge < -0.3 is 4.57 Å². The van der Waals surface area contributed by atoms with Gasteiger partial charge in [0.2, 0.25) is 0 Å². The van der Waals surface area contributed by atoms with Gasteiger partial charge in [0.1, 0.15) is 0 Å². The zero-order chi connectivity index (χ0) is 17.0. The molecule has 5 heteroatoms. The molecule has 1 heterocycles. The fraction of sp³-hybridized carbons (Fsp3) is 0.526. The van der Waals surface area contributed by atoms with E-state index in [9.17, 15) is 0 Å². The summed E-state index contributed by atoms with van der Waals surface area (Å²) in [5, 5.41) is 0.624. The van der Waals surface area contributed by atoms with Gasteiger partial charge in [0.15, 0.2) is 0 Å². The smallest absolute Gasteiger partial charge is 0.0946 e. The number of unbranched alkanes of at least 4 members (excludes halogenated alkanes) is 3. The molecule has 0 radical (unpaired) electrons. The molecule has 0 fully saturated rings. The number of imidazole rings is 1. The van der Waals surface area contributed by atoms with Crippen LogP contribution in [-0.2, 0) is 12.3 Å². The van der Waals surface area contributed by atoms with Crippen LogP contribution >= 0.6 is 39.5 Å². The molecule has 1 unspecified atom stereocenters. The van der Waals surface area contributed by atoms with E-state index in [0.717, 1.165) is 16.8 Å². The highest BCUT2D eigenvalue weighted by molar-refractivity contribution is 9.10. The minimum Gasteiger partial charge on any atom is -0.336 e. The molecule has 0 saturated carbocycles. The molecule has 0 saturated heterocycles. The first kappa shape index (κ1) is 19.9. The fourth-order valence-electron chi connectivity index (χ4n) is 2.42. The average molecular weight is 427 g/mol. The molecule has 0 bridgehead atoms. The predicted octanol–water partition coefficient (Wildman–Crippen LogP) is 6.26. The molecule has 0 aliphatic carbocycles. The maximum absolute atomic E-state index is 4.18. The molecule has 2 nitrogen and oxygen atoms in total. The number of thioether (sulfide) groups is 2. The van der Waals surface area contributed by atoms with Crippen LogP contribution < -0.4 is 0 Å². The van der Waals surface area contributed by atoms with Crippen LogP contribution in [0.25, 0.3) is 0 Å². The van der Waals surface area contributed by atoms with Crippen LogP contribution in [0.15, 0.2) is 47.5 Å². The van der Waals surface area contributed by atoms with Crippen molar-refractivity contribution in [1.82, 2.24) is 9.55 Å². The summed E-state index contributed by atoms with van der Waals surface area (Å²) in [6, 6.07) is 8.68. The van der Waals surface area contributed by atoms with Crippen LogP contribution in [0.3, 0.4) is 0 Å². The Labute approximate surface area is 163 Å². The topological polar surface area (TPSA) is 17.8 Å². The van der Waals surface area contributed by atoms with Crippen LogP contribution in [-0.4, -0.2) is 26.3 Å². The SMILES string of the molecule is CCCCCCSCC(Cn1ccnc1)SCc1ccc(Br)cc1. The largest absolute Gasteiger partial charge is 0.336 e. The molecule has 2 aromatic rings. The number of hydrogen-bond acceptors (Lipinski definition) is 3. The van der Waals surface area contributed by atoms with E-state index in [4.69, 9.17) is 0 Å². The lowest BCUT2D eigenvalue weighted by Gasteiger charge is -2.17. The third-order valence-electron chi connectivity index (χ3n) is 3.82. The Bertz CT molecular complexity index is 543. The van der Waals surface area contributed by atoms with Crippen LogP contribution in [0.5, 0.6) is 0 Å². The third-order valence-corrected chi connectivity index (χ3v) is 7.06. The van der Waals surface area contributed by atoms with E-state index in [2.05, 4.69) is 86.4 Å². The molecule has 24 heavy (non-hydrogen) atoms. The molecule has 132 valence electrons. The van der Waals surface area contributed by atoms with Crippen molar-refractivity contribution in [3.05, 3.63) is 53.0 Å². The number of halogens is 1. The summed E-state index contributed by atoms with van der Waals surface area (Å²) in [4.78, 5) is 4.18. The number of aromatic nitrogens is 2. The summed E-state index contributed by atoms with van der Waals surface area (Å²) < 4.78 is 3.35. The first-order valence-corrected chi connectivity index (χ1v) is 11.7. The second-order valence-corrected chi connectivity index (χ2v) is 9.31. The van der Waals surface area contributed by atoms with Gasteiger partial charge in [-0.2, -0.15) is 23.5 Å². The van der Waals surface area contributed by atoms with E-state index in [1.54, 1.807) is 0 Å². The van der Waals surface area contributed by atoms with Crippen LogP contribution in [0.4, 0.5) is 0 Å². The van der Waals surface area contributed by atoms with Crippen molar-refractivity contribution < 1.29 is 0 Å². The molecule has 0 aliphatic rings. The second-order valence-electron chi connectivity index (χ2n) is 5.95. The number of hydrogen-bond donors (Lipinski definition) is 0. The van der Waals surface area contributed by atoms with Gasteiger partial charge in [0.25, 0.3) is 0 Å².